The van der Waals surface area contributed by atoms with Crippen molar-refractivity contribution < 1.29 is 10.0 Å². The third-order valence-corrected chi connectivity index (χ3v) is 3.14. The molecule has 8 heteroatoms. The molecular formula is C10H15N5O3. The second-order valence-corrected chi connectivity index (χ2v) is 4.48. The molecule has 0 saturated heterocycles. The number of aliphatic hydroxyl groups is 1. The van der Waals surface area contributed by atoms with Crippen LogP contribution in [0.1, 0.15) is 12.8 Å². The van der Waals surface area contributed by atoms with E-state index in [4.69, 9.17) is 5.84 Å². The van der Waals surface area contributed by atoms with E-state index in [1.807, 2.05) is 0 Å². The van der Waals surface area contributed by atoms with E-state index in [1.54, 1.807) is 0 Å². The fraction of sp³-hybridized carbons (Fsp3) is 0.500. The summed E-state index contributed by atoms with van der Waals surface area (Å²) in [4.78, 5) is 14.4. The van der Waals surface area contributed by atoms with Crippen LogP contribution in [0.2, 0.25) is 0 Å². The molecule has 18 heavy (non-hydrogen) atoms. The van der Waals surface area contributed by atoms with Gasteiger partial charge in [0.05, 0.1) is 11.5 Å². The number of nitrogen functional groups attached to an aromatic ring is 1. The average Bonchev–Trinajstić information content (AvgIpc) is 3.16. The summed E-state index contributed by atoms with van der Waals surface area (Å²) >= 11 is 0. The summed E-state index contributed by atoms with van der Waals surface area (Å²) in [6.45, 7) is 0.536. The molecule has 98 valence electrons. The summed E-state index contributed by atoms with van der Waals surface area (Å²) < 4.78 is 0. The number of rotatable bonds is 6. The van der Waals surface area contributed by atoms with Gasteiger partial charge in [-0.25, -0.2) is 10.8 Å². The molecule has 1 aliphatic carbocycles. The lowest BCUT2D eigenvalue weighted by atomic mass is 10.1. The van der Waals surface area contributed by atoms with E-state index >= 15 is 0 Å². The highest BCUT2D eigenvalue weighted by Gasteiger charge is 2.42. The molecule has 0 aliphatic heterocycles. The molecule has 1 saturated carbocycles. The molecule has 1 heterocycles. The zero-order valence-electron chi connectivity index (χ0n) is 9.72. The van der Waals surface area contributed by atoms with Crippen molar-refractivity contribution in [1.82, 2.24) is 4.98 Å². The Morgan fingerprint density at radius 3 is 2.78 bits per heavy atom. The van der Waals surface area contributed by atoms with Gasteiger partial charge in [0.15, 0.2) is 0 Å². The van der Waals surface area contributed by atoms with Gasteiger partial charge in [-0.3, -0.25) is 10.1 Å². The first-order chi connectivity index (χ1) is 8.60. The molecule has 1 aromatic rings. The summed E-state index contributed by atoms with van der Waals surface area (Å²) in [5, 5.41) is 23.0. The molecule has 8 nitrogen and oxygen atoms in total. The van der Waals surface area contributed by atoms with E-state index in [2.05, 4.69) is 15.7 Å². The number of hydrogen-bond donors (Lipinski definition) is 4. The van der Waals surface area contributed by atoms with Gasteiger partial charge in [0.1, 0.15) is 5.82 Å². The van der Waals surface area contributed by atoms with Crippen LogP contribution in [-0.4, -0.2) is 28.2 Å². The van der Waals surface area contributed by atoms with Gasteiger partial charge in [-0.05, 0) is 18.9 Å². The molecule has 0 amide bonds. The van der Waals surface area contributed by atoms with Crippen LogP contribution in [0.4, 0.5) is 17.3 Å². The normalized spacial score (nSPS) is 16.1. The predicted octanol–water partition coefficient (Wildman–Crippen LogP) is 0.460. The zero-order chi connectivity index (χ0) is 13.2. The van der Waals surface area contributed by atoms with Gasteiger partial charge in [-0.1, -0.05) is 0 Å². The summed E-state index contributed by atoms with van der Waals surface area (Å²) in [5.74, 6) is 5.72. The van der Waals surface area contributed by atoms with Crippen molar-refractivity contribution in [2.45, 2.75) is 12.8 Å². The minimum Gasteiger partial charge on any atom is -0.396 e. The second-order valence-electron chi connectivity index (χ2n) is 4.48. The van der Waals surface area contributed by atoms with Gasteiger partial charge in [-0.2, -0.15) is 0 Å². The van der Waals surface area contributed by atoms with Crippen molar-refractivity contribution in [3.8, 4) is 0 Å². The Balaban J connectivity index is 2.16. The second kappa shape index (κ2) is 4.75. The largest absolute Gasteiger partial charge is 0.396 e. The number of hydrogen-bond acceptors (Lipinski definition) is 7. The Morgan fingerprint density at radius 2 is 2.28 bits per heavy atom. The first-order valence-corrected chi connectivity index (χ1v) is 5.57. The molecule has 2 rings (SSSR count). The van der Waals surface area contributed by atoms with Gasteiger partial charge in [0, 0.05) is 18.0 Å². The molecule has 1 aromatic heterocycles. The van der Waals surface area contributed by atoms with Crippen LogP contribution in [0.5, 0.6) is 0 Å². The Hall–Kier alpha value is -1.93. The summed E-state index contributed by atoms with van der Waals surface area (Å²) in [5.41, 5.74) is 2.08. The Kier molecular flexibility index (Phi) is 3.30. The first-order valence-electron chi connectivity index (χ1n) is 5.57. The standard InChI is InChI=1S/C10H15N5O3/c11-14-8-2-1-7(15(17)18)9(13-8)12-5-10(6-16)3-4-10/h1-2,16H,3-6,11H2,(H2,12,13,14). The monoisotopic (exact) mass is 253 g/mol. The number of aromatic nitrogens is 1. The van der Waals surface area contributed by atoms with E-state index in [-0.39, 0.29) is 23.5 Å². The minimum absolute atomic E-state index is 0.0721. The molecule has 0 spiro atoms. The van der Waals surface area contributed by atoms with Gasteiger partial charge in [0.25, 0.3) is 0 Å². The van der Waals surface area contributed by atoms with Crippen LogP contribution in [0.3, 0.4) is 0 Å². The van der Waals surface area contributed by atoms with Crippen molar-refractivity contribution in [3.63, 3.8) is 0 Å². The number of nitro groups is 1. The quantitative estimate of drug-likeness (QED) is 0.329. The number of nitrogens with zero attached hydrogens (tertiary/aromatic N) is 2. The molecule has 0 atom stereocenters. The highest BCUT2D eigenvalue weighted by Crippen LogP contribution is 2.45. The fourth-order valence-corrected chi connectivity index (χ4v) is 1.65. The minimum atomic E-state index is -0.506. The van der Waals surface area contributed by atoms with Crippen LogP contribution in [0, 0.1) is 15.5 Å². The van der Waals surface area contributed by atoms with Gasteiger partial charge >= 0.3 is 5.69 Å². The SMILES string of the molecule is NNc1ccc([N+](=O)[O-])c(NCC2(CO)CC2)n1. The van der Waals surface area contributed by atoms with Crippen LogP contribution < -0.4 is 16.6 Å². The highest BCUT2D eigenvalue weighted by atomic mass is 16.6. The smallest absolute Gasteiger partial charge is 0.311 e. The predicted molar refractivity (Wildman–Crippen MR) is 65.9 cm³/mol. The summed E-state index contributed by atoms with van der Waals surface area (Å²) in [6, 6.07) is 2.77. The zero-order valence-corrected chi connectivity index (χ0v) is 9.72. The number of hydrazine groups is 1. The molecular weight excluding hydrogens is 238 g/mol. The molecule has 1 aliphatic rings. The van der Waals surface area contributed by atoms with Crippen molar-refractivity contribution in [2.75, 3.05) is 23.9 Å². The van der Waals surface area contributed by atoms with Crippen molar-refractivity contribution in [3.05, 3.63) is 22.2 Å². The molecule has 0 unspecified atom stereocenters. The molecule has 0 bridgehead atoms. The number of nitrogens with two attached hydrogens (primary N) is 1. The average molecular weight is 253 g/mol. The maximum absolute atomic E-state index is 10.9. The van der Waals surface area contributed by atoms with Gasteiger partial charge in [0.2, 0.25) is 5.82 Å². The number of pyridine rings is 1. The topological polar surface area (TPSA) is 126 Å². The lowest BCUT2D eigenvalue weighted by Gasteiger charge is -2.13. The van der Waals surface area contributed by atoms with Gasteiger partial charge < -0.3 is 15.8 Å². The van der Waals surface area contributed by atoms with E-state index in [0.717, 1.165) is 12.8 Å². The van der Waals surface area contributed by atoms with E-state index < -0.39 is 4.92 Å². The van der Waals surface area contributed by atoms with Gasteiger partial charge in [-0.15, -0.1) is 0 Å². The molecule has 1 fully saturated rings. The number of anilines is 2. The Labute approximate surface area is 103 Å². The number of nitrogens with one attached hydrogen (secondary N) is 2. The lowest BCUT2D eigenvalue weighted by Crippen LogP contribution is -2.20. The van der Waals surface area contributed by atoms with Crippen LogP contribution >= 0.6 is 0 Å². The van der Waals surface area contributed by atoms with E-state index in [1.165, 1.54) is 12.1 Å². The fourth-order valence-electron chi connectivity index (χ4n) is 1.65. The summed E-state index contributed by atoms with van der Waals surface area (Å²) in [7, 11) is 0. The van der Waals surface area contributed by atoms with Crippen LogP contribution in [0.15, 0.2) is 12.1 Å². The maximum Gasteiger partial charge on any atom is 0.311 e. The first kappa shape index (κ1) is 12.5. The van der Waals surface area contributed by atoms with E-state index in [0.29, 0.717) is 12.4 Å². The molecule has 0 aromatic carbocycles. The van der Waals surface area contributed by atoms with Crippen molar-refractivity contribution in [1.29, 1.82) is 0 Å². The van der Waals surface area contributed by atoms with E-state index in [9.17, 15) is 15.2 Å². The van der Waals surface area contributed by atoms with Crippen LogP contribution in [-0.2, 0) is 0 Å². The Bertz CT molecular complexity index is 461. The Morgan fingerprint density at radius 1 is 1.56 bits per heavy atom. The summed E-state index contributed by atoms with van der Waals surface area (Å²) in [6.07, 6.45) is 1.83. The molecule has 0 radical (unpaired) electrons. The third kappa shape index (κ3) is 2.49. The highest BCUT2D eigenvalue weighted by molar-refractivity contribution is 5.60. The molecule has 5 N–H and O–H groups in total. The maximum atomic E-state index is 10.9. The lowest BCUT2D eigenvalue weighted by molar-refractivity contribution is -0.384. The van der Waals surface area contributed by atoms with Crippen LogP contribution in [0.25, 0.3) is 0 Å². The van der Waals surface area contributed by atoms with Crippen molar-refractivity contribution >= 4 is 17.3 Å². The third-order valence-electron chi connectivity index (χ3n) is 3.14. The number of aliphatic hydroxyl groups excluding tert-OH is 1. The van der Waals surface area contributed by atoms with Crippen molar-refractivity contribution in [2.24, 2.45) is 11.3 Å².